The van der Waals surface area contributed by atoms with Gasteiger partial charge in [0.15, 0.2) is 11.5 Å². The highest BCUT2D eigenvalue weighted by Gasteiger charge is 2.45. The summed E-state index contributed by atoms with van der Waals surface area (Å²) >= 11 is 0. The summed E-state index contributed by atoms with van der Waals surface area (Å²) in [5.74, 6) is 1.20. The second-order valence-electron chi connectivity index (χ2n) is 8.45. The average molecular weight is 515 g/mol. The maximum absolute atomic E-state index is 11.5. The lowest BCUT2D eigenvalue weighted by Crippen LogP contribution is -2.60. The minimum absolute atomic E-state index is 0.0684. The van der Waals surface area contributed by atoms with Crippen molar-refractivity contribution in [1.82, 2.24) is 0 Å². The summed E-state index contributed by atoms with van der Waals surface area (Å²) < 4.78 is 27.6. The lowest BCUT2D eigenvalue weighted by Gasteiger charge is -2.39. The molecule has 5 unspecified atom stereocenters. The molecule has 1 saturated heterocycles. The van der Waals surface area contributed by atoms with E-state index in [9.17, 15) is 25.5 Å². The second kappa shape index (κ2) is 11.2. The van der Waals surface area contributed by atoms with Crippen molar-refractivity contribution in [2.75, 3.05) is 27.9 Å². The molecule has 198 valence electrons. The molecule has 3 aromatic rings. The monoisotopic (exact) mass is 514 g/mol. The van der Waals surface area contributed by atoms with Gasteiger partial charge >= 0.3 is 0 Å². The van der Waals surface area contributed by atoms with Gasteiger partial charge in [-0.3, -0.25) is 0 Å². The van der Waals surface area contributed by atoms with Gasteiger partial charge in [0, 0.05) is 5.56 Å². The number of hydrogen-bond donors (Lipinski definition) is 5. The van der Waals surface area contributed by atoms with Crippen LogP contribution in [0.5, 0.6) is 28.7 Å². The van der Waals surface area contributed by atoms with E-state index in [1.807, 2.05) is 0 Å². The fourth-order valence-electron chi connectivity index (χ4n) is 4.21. The molecule has 0 aliphatic carbocycles. The van der Waals surface area contributed by atoms with E-state index in [1.54, 1.807) is 68.8 Å². The summed E-state index contributed by atoms with van der Waals surface area (Å²) in [6.07, 6.45) is -7.58. The maximum atomic E-state index is 11.5. The van der Waals surface area contributed by atoms with Crippen LogP contribution in [0.2, 0.25) is 0 Å². The highest BCUT2D eigenvalue weighted by molar-refractivity contribution is 5.87. The largest absolute Gasteiger partial charge is 0.504 e. The first-order valence-corrected chi connectivity index (χ1v) is 11.5. The molecule has 1 fully saturated rings. The van der Waals surface area contributed by atoms with E-state index in [-0.39, 0.29) is 11.5 Å². The van der Waals surface area contributed by atoms with Crippen molar-refractivity contribution in [2.24, 2.45) is 0 Å². The number of ether oxygens (including phenoxy) is 5. The first-order valence-electron chi connectivity index (χ1n) is 11.5. The van der Waals surface area contributed by atoms with Crippen LogP contribution in [0, 0.1) is 0 Å². The third-order valence-corrected chi connectivity index (χ3v) is 6.30. The van der Waals surface area contributed by atoms with Gasteiger partial charge in [0.2, 0.25) is 6.29 Å². The second-order valence-corrected chi connectivity index (χ2v) is 8.45. The predicted molar refractivity (Wildman–Crippen MR) is 133 cm³/mol. The van der Waals surface area contributed by atoms with Crippen molar-refractivity contribution >= 4 is 0 Å². The van der Waals surface area contributed by atoms with E-state index < -0.39 is 37.3 Å². The van der Waals surface area contributed by atoms with E-state index in [0.717, 1.165) is 0 Å². The van der Waals surface area contributed by atoms with Gasteiger partial charge in [-0.15, -0.1) is 0 Å². The normalized spacial score (nSPS) is 23.4. The number of aliphatic hydroxyl groups excluding tert-OH is 4. The average Bonchev–Trinajstić information content (AvgIpc) is 2.94. The van der Waals surface area contributed by atoms with E-state index in [2.05, 4.69) is 0 Å². The number of phenolic OH excluding ortho intramolecular Hbond substituents is 1. The Kier molecular flexibility index (Phi) is 8.06. The zero-order valence-corrected chi connectivity index (χ0v) is 20.6. The molecule has 5 N–H and O–H groups in total. The molecule has 10 heteroatoms. The fraction of sp³-hybridized carbons (Fsp3) is 0.333. The molecular weight excluding hydrogens is 484 g/mol. The van der Waals surface area contributed by atoms with Crippen molar-refractivity contribution in [1.29, 1.82) is 0 Å². The van der Waals surface area contributed by atoms with Crippen molar-refractivity contribution in [3.05, 3.63) is 54.6 Å². The van der Waals surface area contributed by atoms with Crippen LogP contribution in [0.15, 0.2) is 54.6 Å². The highest BCUT2D eigenvalue weighted by atomic mass is 16.7. The molecule has 4 rings (SSSR count). The Morgan fingerprint density at radius 2 is 1.32 bits per heavy atom. The van der Waals surface area contributed by atoms with E-state index >= 15 is 0 Å². The van der Waals surface area contributed by atoms with E-state index in [0.29, 0.717) is 39.5 Å². The molecule has 0 spiro atoms. The smallest absolute Gasteiger partial charge is 0.229 e. The van der Waals surface area contributed by atoms with Crippen LogP contribution in [0.4, 0.5) is 0 Å². The molecule has 0 radical (unpaired) electrons. The number of rotatable bonds is 8. The molecule has 10 nitrogen and oxygen atoms in total. The number of methoxy groups -OCH3 is 3. The topological polar surface area (TPSA) is 147 Å². The molecule has 0 saturated carbocycles. The van der Waals surface area contributed by atoms with E-state index in [4.69, 9.17) is 23.7 Å². The van der Waals surface area contributed by atoms with Gasteiger partial charge < -0.3 is 49.2 Å². The van der Waals surface area contributed by atoms with Crippen LogP contribution >= 0.6 is 0 Å². The van der Waals surface area contributed by atoms with Crippen LogP contribution < -0.4 is 18.9 Å². The Labute approximate surface area is 213 Å². The molecule has 1 heterocycles. The number of aromatic hydroxyl groups is 1. The Balaban J connectivity index is 1.87. The molecule has 0 bridgehead atoms. The van der Waals surface area contributed by atoms with Crippen molar-refractivity contribution in [3.63, 3.8) is 0 Å². The zero-order chi connectivity index (χ0) is 26.7. The standard InChI is InChI=1S/C27H30O10/c1-33-16-8-4-14(5-9-16)18-12-19(35-3)21(15-6-10-17(34-2)11-7-15)23(30)26(18)37-27-25(32)24(31)22(29)20(13-28)36-27/h4-12,20,22,24-25,27-32H,13H2,1-3H3. The minimum atomic E-state index is -1.67. The number of benzene rings is 3. The summed E-state index contributed by atoms with van der Waals surface area (Å²) in [5.41, 5.74) is 1.92. The van der Waals surface area contributed by atoms with Gasteiger partial charge in [-0.2, -0.15) is 0 Å². The lowest BCUT2D eigenvalue weighted by atomic mass is 9.96. The molecule has 3 aromatic carbocycles. The van der Waals surface area contributed by atoms with Gasteiger partial charge in [0.05, 0.1) is 33.5 Å². The summed E-state index contributed by atoms with van der Waals surface area (Å²) in [7, 11) is 4.56. The van der Waals surface area contributed by atoms with Crippen molar-refractivity contribution in [3.8, 4) is 51.0 Å². The molecular formula is C27H30O10. The molecule has 0 amide bonds. The number of aliphatic hydroxyl groups is 4. The van der Waals surface area contributed by atoms with E-state index in [1.165, 1.54) is 7.11 Å². The van der Waals surface area contributed by atoms with Gasteiger partial charge in [-0.25, -0.2) is 0 Å². The Bertz CT molecular complexity index is 1190. The number of hydrogen-bond acceptors (Lipinski definition) is 10. The first-order chi connectivity index (χ1) is 17.8. The SMILES string of the molecule is COc1ccc(-c2cc(OC)c(-c3ccc(OC)cc3)c(O)c2OC2OC(CO)C(O)C(O)C2O)cc1. The van der Waals surface area contributed by atoms with Gasteiger partial charge in [-0.05, 0) is 41.5 Å². The molecule has 1 aliphatic rings. The third-order valence-electron chi connectivity index (χ3n) is 6.30. The third kappa shape index (κ3) is 5.15. The molecule has 37 heavy (non-hydrogen) atoms. The predicted octanol–water partition coefficient (Wildman–Crippen LogP) is 1.93. The van der Waals surface area contributed by atoms with Crippen molar-refractivity contribution in [2.45, 2.75) is 30.7 Å². The van der Waals surface area contributed by atoms with Crippen LogP contribution in [0.1, 0.15) is 0 Å². The Hall–Kier alpha value is -3.54. The summed E-state index contributed by atoms with van der Waals surface area (Å²) in [6.45, 7) is -0.623. The fourth-order valence-corrected chi connectivity index (χ4v) is 4.21. The summed E-state index contributed by atoms with van der Waals surface area (Å²) in [4.78, 5) is 0. The van der Waals surface area contributed by atoms with Crippen LogP contribution in [0.25, 0.3) is 22.3 Å². The molecule has 5 atom stereocenters. The summed E-state index contributed by atoms with van der Waals surface area (Å²) in [6, 6.07) is 15.6. The van der Waals surface area contributed by atoms with Crippen LogP contribution in [0.3, 0.4) is 0 Å². The highest BCUT2D eigenvalue weighted by Crippen LogP contribution is 2.50. The first kappa shape index (κ1) is 26.5. The zero-order valence-electron chi connectivity index (χ0n) is 20.6. The lowest BCUT2D eigenvalue weighted by molar-refractivity contribution is -0.277. The van der Waals surface area contributed by atoms with Gasteiger partial charge in [0.1, 0.15) is 41.7 Å². The molecule has 0 aromatic heterocycles. The molecule has 1 aliphatic heterocycles. The van der Waals surface area contributed by atoms with Crippen molar-refractivity contribution < 1.29 is 49.2 Å². The van der Waals surface area contributed by atoms with Crippen LogP contribution in [-0.4, -0.2) is 84.2 Å². The van der Waals surface area contributed by atoms with Crippen LogP contribution in [-0.2, 0) is 4.74 Å². The summed E-state index contributed by atoms with van der Waals surface area (Å²) in [5, 5.41) is 52.0. The number of phenols is 1. The minimum Gasteiger partial charge on any atom is -0.504 e. The Morgan fingerprint density at radius 1 is 0.757 bits per heavy atom. The maximum Gasteiger partial charge on any atom is 0.229 e. The Morgan fingerprint density at radius 3 is 1.84 bits per heavy atom. The quantitative estimate of drug-likeness (QED) is 0.302. The van der Waals surface area contributed by atoms with Gasteiger partial charge in [-0.1, -0.05) is 24.3 Å². The van der Waals surface area contributed by atoms with Gasteiger partial charge in [0.25, 0.3) is 0 Å².